The Morgan fingerprint density at radius 3 is 2.37 bits per heavy atom. The second-order valence-electron chi connectivity index (χ2n) is 10.6. The van der Waals surface area contributed by atoms with E-state index in [9.17, 15) is 19.5 Å². The zero-order chi connectivity index (χ0) is 30.8. The number of benzene rings is 2. The molecule has 2 bridgehead atoms. The minimum absolute atomic E-state index is 0.0426. The number of hydrogen-bond donors (Lipinski definition) is 2. The number of carbonyl (C=O) groups is 3. The number of carboxylic acid groups (broad SMARTS) is 1. The number of aliphatic hydroxyl groups is 2. The van der Waals surface area contributed by atoms with Crippen molar-refractivity contribution in [1.82, 2.24) is 0 Å². The molecule has 10 nitrogen and oxygen atoms in total. The molecular formula is C33H31NO9. The first-order chi connectivity index (χ1) is 20.6. The zero-order valence-electron chi connectivity index (χ0n) is 23.6. The maximum atomic E-state index is 11.4. The molecule has 3 aliphatic rings. The maximum absolute atomic E-state index is 11.4. The number of fused-ring (bicyclic) bond motifs is 1. The van der Waals surface area contributed by atoms with E-state index in [2.05, 4.69) is 77.9 Å². The molecule has 0 amide bonds. The van der Waals surface area contributed by atoms with Crippen molar-refractivity contribution in [2.24, 2.45) is 0 Å². The largest absolute Gasteiger partial charge is 0.547 e. The van der Waals surface area contributed by atoms with Crippen molar-refractivity contribution in [3.8, 4) is 0 Å². The average Bonchev–Trinajstić information content (AvgIpc) is 3.57. The number of furan rings is 1. The molecule has 3 unspecified atom stereocenters. The number of ether oxygens (including phenoxy) is 2. The fourth-order valence-corrected chi connectivity index (χ4v) is 6.25. The number of nitrogens with zero attached hydrogens (tertiary/aromatic N) is 1. The normalized spacial score (nSPS) is 22.7. The number of aromatic nitrogens is 1. The van der Waals surface area contributed by atoms with Crippen LogP contribution in [0.15, 0.2) is 102 Å². The Morgan fingerprint density at radius 2 is 1.70 bits per heavy atom. The summed E-state index contributed by atoms with van der Waals surface area (Å²) in [4.78, 5) is 32.7. The summed E-state index contributed by atoms with van der Waals surface area (Å²) >= 11 is 0. The van der Waals surface area contributed by atoms with E-state index in [0.29, 0.717) is 6.61 Å². The highest BCUT2D eigenvalue weighted by Crippen LogP contribution is 2.59. The molecule has 43 heavy (non-hydrogen) atoms. The first-order valence-corrected chi connectivity index (χ1v) is 13.8. The molecule has 4 heterocycles. The van der Waals surface area contributed by atoms with Crippen LogP contribution in [0.4, 0.5) is 0 Å². The molecule has 1 aliphatic carbocycles. The summed E-state index contributed by atoms with van der Waals surface area (Å²) in [7, 11) is 0. The molecule has 2 aromatic carbocycles. The molecule has 0 fully saturated rings. The van der Waals surface area contributed by atoms with Crippen LogP contribution in [0.3, 0.4) is 0 Å². The summed E-state index contributed by atoms with van der Waals surface area (Å²) in [5, 5.41) is 28.1. The van der Waals surface area contributed by atoms with Gasteiger partial charge in [-0.25, -0.2) is 9.59 Å². The topological polar surface area (TPSA) is 150 Å². The second-order valence-corrected chi connectivity index (χ2v) is 10.6. The van der Waals surface area contributed by atoms with Gasteiger partial charge in [0.25, 0.3) is 0 Å². The Labute approximate surface area is 247 Å². The number of carboxylic acids is 1. The first-order valence-electron chi connectivity index (χ1n) is 13.8. The van der Waals surface area contributed by atoms with Gasteiger partial charge in [-0.3, -0.25) is 0 Å². The highest BCUT2D eigenvalue weighted by molar-refractivity contribution is 5.98. The van der Waals surface area contributed by atoms with Gasteiger partial charge in [0.1, 0.15) is 17.6 Å². The van der Waals surface area contributed by atoms with Crippen LogP contribution in [0.1, 0.15) is 58.9 Å². The van der Waals surface area contributed by atoms with Crippen LogP contribution in [-0.4, -0.2) is 46.9 Å². The Morgan fingerprint density at radius 1 is 1.00 bits per heavy atom. The molecule has 2 N–H and O–H groups in total. The molecule has 222 valence electrons. The zero-order valence-corrected chi connectivity index (χ0v) is 23.6. The second kappa shape index (κ2) is 11.9. The van der Waals surface area contributed by atoms with E-state index >= 15 is 0 Å². The number of rotatable bonds is 7. The van der Waals surface area contributed by atoms with Crippen molar-refractivity contribution in [3.63, 3.8) is 0 Å². The van der Waals surface area contributed by atoms with Crippen LogP contribution in [0.2, 0.25) is 0 Å². The van der Waals surface area contributed by atoms with Crippen LogP contribution < -0.4 is 9.67 Å². The minimum Gasteiger partial charge on any atom is -0.547 e. The summed E-state index contributed by atoms with van der Waals surface area (Å²) in [6, 6.07) is 24.8. The van der Waals surface area contributed by atoms with Gasteiger partial charge in [0.2, 0.25) is 0 Å². The van der Waals surface area contributed by atoms with E-state index in [1.54, 1.807) is 12.3 Å². The van der Waals surface area contributed by atoms with Crippen LogP contribution in [0, 0.1) is 0 Å². The number of aliphatic hydroxyl groups excluding tert-OH is 2. The van der Waals surface area contributed by atoms with Crippen molar-refractivity contribution in [2.75, 3.05) is 6.61 Å². The van der Waals surface area contributed by atoms with Crippen molar-refractivity contribution in [3.05, 3.63) is 126 Å². The van der Waals surface area contributed by atoms with Crippen molar-refractivity contribution >= 4 is 17.9 Å². The molecule has 5 atom stereocenters. The lowest BCUT2D eigenvalue weighted by molar-refractivity contribution is -0.772. The van der Waals surface area contributed by atoms with E-state index in [-0.39, 0.29) is 17.0 Å². The molecule has 0 radical (unpaired) electrons. The van der Waals surface area contributed by atoms with Gasteiger partial charge in [-0.15, -0.1) is 0 Å². The smallest absolute Gasteiger partial charge is 0.346 e. The maximum Gasteiger partial charge on any atom is 0.346 e. The molecule has 2 aliphatic heterocycles. The van der Waals surface area contributed by atoms with E-state index in [0.717, 1.165) is 12.0 Å². The summed E-state index contributed by atoms with van der Waals surface area (Å²) in [5.41, 5.74) is 4.72. The van der Waals surface area contributed by atoms with Gasteiger partial charge in [0, 0.05) is 36.8 Å². The molecule has 10 heteroatoms. The third-order valence-corrected chi connectivity index (χ3v) is 8.04. The van der Waals surface area contributed by atoms with E-state index in [4.69, 9.17) is 19.4 Å². The molecule has 0 saturated carbocycles. The van der Waals surface area contributed by atoms with Crippen LogP contribution in [-0.2, 0) is 30.2 Å². The number of carbonyl (C=O) groups excluding carboxylic acids is 3. The third-order valence-electron chi connectivity index (χ3n) is 8.04. The number of esters is 2. The Balaban J connectivity index is 0.000000183. The lowest BCUT2D eigenvalue weighted by Crippen LogP contribution is -2.69. The van der Waals surface area contributed by atoms with Gasteiger partial charge >= 0.3 is 11.9 Å². The molecule has 7 rings (SSSR count). The summed E-state index contributed by atoms with van der Waals surface area (Å²) < 4.78 is 18.7. The molecular weight excluding hydrogens is 554 g/mol. The molecule has 2 aromatic heterocycles. The van der Waals surface area contributed by atoms with Crippen molar-refractivity contribution < 1.29 is 48.2 Å². The van der Waals surface area contributed by atoms with Crippen molar-refractivity contribution in [1.29, 1.82) is 0 Å². The average molecular weight is 586 g/mol. The van der Waals surface area contributed by atoms with Gasteiger partial charge in [-0.1, -0.05) is 48.5 Å². The predicted molar refractivity (Wildman–Crippen MR) is 148 cm³/mol. The Kier molecular flexibility index (Phi) is 8.27. The molecule has 0 spiro atoms. The number of hydrogen-bond acceptors (Lipinski definition) is 9. The van der Waals surface area contributed by atoms with Gasteiger partial charge in [0.15, 0.2) is 23.5 Å². The lowest BCUT2D eigenvalue weighted by atomic mass is 9.58. The number of pyridine rings is 1. The standard InChI is InChI=1S/C22H22NO2.C11H10O7/c1-3-25-22(16-11-13-24-14-16)15-21(2)18-9-5-4-8-17(18)20(22)19-10-6-7-12-23(19)21;12-7(9(14)15)8(13)11(17)18-10(16)6-4-2-1-3-5-6/h4-14,20H,3,15H2,1-2H3;1-5,7-8,12-13H,(H,14,15)/q+1;/p-1/t;7-,8-/m.0/s1. The van der Waals surface area contributed by atoms with Gasteiger partial charge in [-0.05, 0) is 30.7 Å². The van der Waals surface area contributed by atoms with E-state index in [1.165, 1.54) is 41.1 Å². The Bertz CT molecular complexity index is 1570. The SMILES string of the molecule is CCOC1(c2ccoc2)CC2(C)c3ccccc3C1c1cccc[n+]12.O=C(OC(=O)[C@@H](O)[C@H](O)C(=O)[O-])c1ccccc1. The van der Waals surface area contributed by atoms with E-state index < -0.39 is 35.7 Å². The summed E-state index contributed by atoms with van der Waals surface area (Å²) in [6.07, 6.45) is 1.88. The molecule has 0 saturated heterocycles. The predicted octanol–water partition coefficient (Wildman–Crippen LogP) is 1.95. The van der Waals surface area contributed by atoms with Gasteiger partial charge in [-0.2, -0.15) is 4.57 Å². The third kappa shape index (κ3) is 5.25. The molecule has 4 aromatic rings. The fourth-order valence-electron chi connectivity index (χ4n) is 6.25. The van der Waals surface area contributed by atoms with Crippen molar-refractivity contribution in [2.45, 2.75) is 49.5 Å². The summed E-state index contributed by atoms with van der Waals surface area (Å²) in [6.45, 7) is 5.09. The summed E-state index contributed by atoms with van der Waals surface area (Å²) in [5.74, 6) is -4.53. The number of aliphatic carboxylic acids is 1. The van der Waals surface area contributed by atoms with E-state index in [1.807, 2.05) is 6.26 Å². The van der Waals surface area contributed by atoms with Gasteiger partial charge < -0.3 is 34.0 Å². The van der Waals surface area contributed by atoms with Gasteiger partial charge in [0.05, 0.1) is 30.5 Å². The monoisotopic (exact) mass is 585 g/mol. The van der Waals surface area contributed by atoms with Crippen LogP contribution in [0.25, 0.3) is 0 Å². The first kappa shape index (κ1) is 29.8. The lowest BCUT2D eigenvalue weighted by Gasteiger charge is -2.52. The highest BCUT2D eigenvalue weighted by Gasteiger charge is 2.65. The fraction of sp³-hybridized carbons (Fsp3) is 0.273. The quantitative estimate of drug-likeness (QED) is 0.188. The van der Waals surface area contributed by atoms with Crippen LogP contribution >= 0.6 is 0 Å². The highest BCUT2D eigenvalue weighted by atomic mass is 16.6. The van der Waals surface area contributed by atoms with Crippen LogP contribution in [0.5, 0.6) is 0 Å². The Hall–Kier alpha value is -4.64. The minimum atomic E-state index is -2.46.